The lowest BCUT2D eigenvalue weighted by Crippen LogP contribution is -2.31. The monoisotopic (exact) mass is 247 g/mol. The van der Waals surface area contributed by atoms with Crippen LogP contribution in [0.4, 0.5) is 0 Å². The van der Waals surface area contributed by atoms with Crippen LogP contribution in [0.5, 0.6) is 0 Å². The number of likely N-dealkylation sites (N-methyl/N-ethyl adjacent to an activating group) is 1. The number of primary amides is 1. The third kappa shape index (κ3) is 1.69. The molecule has 3 rings (SSSR count). The highest BCUT2D eigenvalue weighted by molar-refractivity contribution is 5.98. The first-order valence-corrected chi connectivity index (χ1v) is 6.09. The average molecular weight is 247 g/mol. The Morgan fingerprint density at radius 3 is 3.39 bits per heavy atom. The van der Waals surface area contributed by atoms with Gasteiger partial charge in [-0.25, -0.2) is 0 Å². The summed E-state index contributed by atoms with van der Waals surface area (Å²) >= 11 is 0. The maximum atomic E-state index is 11.8. The van der Waals surface area contributed by atoms with Crippen LogP contribution in [0.15, 0.2) is 18.2 Å². The summed E-state index contributed by atoms with van der Waals surface area (Å²) in [6.07, 6.45) is 2.23. The summed E-state index contributed by atoms with van der Waals surface area (Å²) in [6.45, 7) is 0. The van der Waals surface area contributed by atoms with E-state index in [1.54, 1.807) is 25.2 Å². The van der Waals surface area contributed by atoms with Gasteiger partial charge in [0.2, 0.25) is 5.91 Å². The zero-order valence-electron chi connectivity index (χ0n) is 14.2. The topological polar surface area (TPSA) is 70.9 Å². The molecule has 1 aliphatic carbocycles. The largest absolute Gasteiger partial charge is 0.366 e. The fourth-order valence-corrected chi connectivity index (χ4v) is 2.67. The number of amides is 1. The molecule has 0 spiro atoms. The van der Waals surface area contributed by atoms with E-state index in [1.165, 1.54) is 10.3 Å². The summed E-state index contributed by atoms with van der Waals surface area (Å²) in [7, 11) is 1.72. The molecule has 18 heavy (non-hydrogen) atoms. The lowest BCUT2D eigenvalue weighted by Gasteiger charge is -2.21. The quantitative estimate of drug-likeness (QED) is 0.749. The van der Waals surface area contributed by atoms with Crippen molar-refractivity contribution < 1.29 is 10.4 Å². The van der Waals surface area contributed by atoms with Crippen LogP contribution < -0.4 is 11.0 Å². The SMILES string of the molecule is [2H]N([2H])C(=O)c1ccc2c(c1)c1c(n2[2H])CC[C@@H](N([2H])C)C1. The first kappa shape index (κ1) is 7.59. The fraction of sp³-hybridized carbons (Fsp3) is 0.357. The number of benzene rings is 1. The van der Waals surface area contributed by atoms with Crippen LogP contribution in [0, 0.1) is 0 Å². The van der Waals surface area contributed by atoms with Gasteiger partial charge in [-0.1, -0.05) is 0 Å². The van der Waals surface area contributed by atoms with Gasteiger partial charge >= 0.3 is 0 Å². The van der Waals surface area contributed by atoms with Crippen LogP contribution in [0.3, 0.4) is 0 Å². The molecule has 1 heterocycles. The highest BCUT2D eigenvalue weighted by Crippen LogP contribution is 2.29. The van der Waals surface area contributed by atoms with E-state index in [0.29, 0.717) is 6.42 Å². The number of aromatic nitrogens is 1. The normalized spacial score (nSPS) is 22.0. The Morgan fingerprint density at radius 1 is 1.72 bits per heavy atom. The molecule has 0 saturated carbocycles. The molecule has 0 fully saturated rings. The average Bonchev–Trinajstić information content (AvgIpc) is 2.78. The van der Waals surface area contributed by atoms with Crippen molar-refractivity contribution >= 4 is 16.8 Å². The van der Waals surface area contributed by atoms with Gasteiger partial charge in [0.15, 0.2) is 4.24 Å². The first-order chi connectivity index (χ1) is 10.4. The van der Waals surface area contributed by atoms with Gasteiger partial charge in [0.1, 0.15) is 1.41 Å². The van der Waals surface area contributed by atoms with Crippen molar-refractivity contribution in [3.05, 3.63) is 35.0 Å². The highest BCUT2D eigenvalue weighted by atomic mass is 16.1. The summed E-state index contributed by atoms with van der Waals surface area (Å²) in [5, 5.41) is 2.25. The van der Waals surface area contributed by atoms with E-state index in [-0.39, 0.29) is 17.3 Å². The van der Waals surface area contributed by atoms with E-state index in [0.717, 1.165) is 35.0 Å². The number of nitrogens with two attached hydrogens (primary N) is 1. The Labute approximate surface area is 111 Å². The Bertz CT molecular complexity index is 741. The van der Waals surface area contributed by atoms with Gasteiger partial charge in [-0.15, -0.1) is 0 Å². The molecule has 4 nitrogen and oxygen atoms in total. The Kier molecular flexibility index (Phi) is 1.74. The zero-order chi connectivity index (χ0) is 16.0. The minimum Gasteiger partial charge on any atom is -0.366 e. The van der Waals surface area contributed by atoms with Crippen molar-refractivity contribution in [3.8, 4) is 0 Å². The van der Waals surface area contributed by atoms with E-state index >= 15 is 0 Å². The van der Waals surface area contributed by atoms with Crippen molar-refractivity contribution in [3.63, 3.8) is 0 Å². The zero-order valence-corrected chi connectivity index (χ0v) is 10.2. The van der Waals surface area contributed by atoms with Gasteiger partial charge < -0.3 is 16.0 Å². The molecule has 1 aromatic heterocycles. The molecule has 4 heteroatoms. The summed E-state index contributed by atoms with van der Waals surface area (Å²) in [5.74, 6) is -0.696. The minimum atomic E-state index is -0.696. The van der Waals surface area contributed by atoms with Crippen molar-refractivity contribution in [2.24, 2.45) is 5.72 Å². The molecule has 1 atom stereocenters. The standard InChI is InChI=1S/C14H17N3O/c1-16-9-3-5-13-11(7-9)10-6-8(14(15)18)2-4-12(10)17-13/h2,4,6,9,16-17H,3,5,7H2,1H3,(H2,15,18)/t9-/m1/s1/i/hD4. The molecule has 1 aromatic carbocycles. The molecule has 0 saturated heterocycles. The predicted molar refractivity (Wildman–Crippen MR) is 71.7 cm³/mol. The second-order valence-electron chi connectivity index (χ2n) is 4.73. The molecule has 0 unspecified atom stereocenters. The molecule has 0 radical (unpaired) electrons. The van der Waals surface area contributed by atoms with Crippen LogP contribution >= 0.6 is 0 Å². The Balaban J connectivity index is 2.12. The number of H-pyrrole nitrogens is 1. The lowest BCUT2D eigenvalue weighted by atomic mass is 9.91. The van der Waals surface area contributed by atoms with Crippen molar-refractivity contribution in [2.75, 3.05) is 7.05 Å². The summed E-state index contributed by atoms with van der Waals surface area (Å²) in [6, 6.07) is 4.99. The van der Waals surface area contributed by atoms with E-state index in [9.17, 15) is 4.79 Å². The molecular weight excluding hydrogens is 226 g/mol. The van der Waals surface area contributed by atoms with Crippen LogP contribution in [0.2, 0.25) is 5.65 Å². The van der Waals surface area contributed by atoms with Crippen LogP contribution in [0.1, 0.15) is 28.0 Å². The van der Waals surface area contributed by atoms with Gasteiger partial charge in [-0.2, -0.15) is 0 Å². The number of rotatable bonds is 2. The molecule has 94 valence electrons. The number of nitrogens with one attached hydrogen (secondary N) is 2. The van der Waals surface area contributed by atoms with Gasteiger partial charge in [-0.3, -0.25) is 4.79 Å². The van der Waals surface area contributed by atoms with Gasteiger partial charge in [-0.05, 0) is 50.1 Å². The minimum absolute atomic E-state index is 0.0612. The molecule has 0 bridgehead atoms. The van der Waals surface area contributed by atoms with Crippen LogP contribution in [0.25, 0.3) is 10.9 Å². The van der Waals surface area contributed by atoms with Gasteiger partial charge in [0, 0.05) is 28.2 Å². The highest BCUT2D eigenvalue weighted by Gasteiger charge is 2.21. The van der Waals surface area contributed by atoms with Crippen LogP contribution in [-0.4, -0.2) is 24.0 Å². The van der Waals surface area contributed by atoms with Crippen LogP contribution in [-0.2, 0) is 12.8 Å². The molecule has 2 aromatic rings. The second kappa shape index (κ2) is 4.14. The summed E-state index contributed by atoms with van der Waals surface area (Å²) in [4.78, 5) is 13.2. The summed E-state index contributed by atoms with van der Waals surface area (Å²) in [5.41, 5.74) is 2.97. The maximum absolute atomic E-state index is 11.8. The molecule has 0 aliphatic heterocycles. The molecule has 1 amide bonds. The van der Waals surface area contributed by atoms with Gasteiger partial charge in [0.05, 0.1) is 0 Å². The van der Waals surface area contributed by atoms with Gasteiger partial charge in [0.25, 0.3) is 0 Å². The van der Waals surface area contributed by atoms with Crippen molar-refractivity contribution in [1.82, 2.24) is 10.3 Å². The fourth-order valence-electron chi connectivity index (χ4n) is 2.67. The first-order valence-electron chi connectivity index (χ1n) is 7.88. The Morgan fingerprint density at radius 2 is 2.61 bits per heavy atom. The lowest BCUT2D eigenvalue weighted by molar-refractivity contribution is 0.100. The molecular formula is C14H17N3O. The maximum Gasteiger partial charge on any atom is 0.248 e. The van der Waals surface area contributed by atoms with Crippen molar-refractivity contribution in [2.45, 2.75) is 25.3 Å². The number of hydrogen-bond acceptors (Lipinski definition) is 2. The summed E-state index contributed by atoms with van der Waals surface area (Å²) < 4.78 is 30.2. The number of carbonyl (C=O) groups is 1. The third-order valence-electron chi connectivity index (χ3n) is 3.69. The van der Waals surface area contributed by atoms with E-state index in [4.69, 9.17) is 5.65 Å². The molecule has 1 aliphatic rings. The second-order valence-corrected chi connectivity index (χ2v) is 4.73. The number of carbonyl (C=O) groups excluding carboxylic acids is 1. The predicted octanol–water partition coefficient (Wildman–Crippen LogP) is 1.34. The van der Waals surface area contributed by atoms with E-state index < -0.39 is 5.91 Å². The number of aromatic amines is 1. The third-order valence-corrected chi connectivity index (χ3v) is 3.69. The Hall–Kier alpha value is -1.81. The van der Waals surface area contributed by atoms with E-state index in [2.05, 4.69) is 0 Å². The molecule has 4 N–H and O–H groups in total. The van der Waals surface area contributed by atoms with Crippen molar-refractivity contribution in [1.29, 1.82) is 0 Å². The number of hydrogen-bond donors (Lipinski definition) is 3. The number of fused-ring (bicyclic) bond motifs is 3. The smallest absolute Gasteiger partial charge is 0.248 e. The van der Waals surface area contributed by atoms with E-state index in [1.807, 2.05) is 0 Å².